The normalized spacial score (nSPS) is 10.5. The third kappa shape index (κ3) is 9.90. The van der Waals surface area contributed by atoms with Crippen LogP contribution in [0.5, 0.6) is 5.75 Å². The van der Waals surface area contributed by atoms with Crippen LogP contribution in [0.25, 0.3) is 0 Å². The number of hydrogen-bond acceptors (Lipinski definition) is 3. The quantitative estimate of drug-likeness (QED) is 0.828. The highest BCUT2D eigenvalue weighted by Crippen LogP contribution is 2.23. The lowest BCUT2D eigenvalue weighted by Gasteiger charge is -2.09. The Morgan fingerprint density at radius 3 is 2.00 bits per heavy atom. The van der Waals surface area contributed by atoms with Gasteiger partial charge in [0, 0.05) is 5.69 Å². The molecule has 0 unspecified atom stereocenters. The maximum atomic E-state index is 11.8. The second-order valence-electron chi connectivity index (χ2n) is 4.61. The van der Waals surface area contributed by atoms with Crippen LogP contribution in [0.3, 0.4) is 0 Å². The maximum Gasteiger partial charge on any atom is 0.573 e. The van der Waals surface area contributed by atoms with Gasteiger partial charge < -0.3 is 9.47 Å². The number of ether oxygens (including phenoxy) is 2. The monoisotopic (exact) mass is 321 g/mol. The minimum atomic E-state index is -4.72. The molecule has 4 nitrogen and oxygen atoms in total. The molecule has 0 radical (unpaired) electrons. The summed E-state index contributed by atoms with van der Waals surface area (Å²) in [6.07, 6.45) is -2.77. The Morgan fingerprint density at radius 2 is 1.68 bits per heavy atom. The molecule has 0 aliphatic carbocycles. The molecule has 1 aromatic carbocycles. The molecular weight excluding hydrogens is 299 g/mol. The van der Waals surface area contributed by atoms with Gasteiger partial charge in [0.25, 0.3) is 0 Å². The third-order valence-corrected chi connectivity index (χ3v) is 2.91. The van der Waals surface area contributed by atoms with Gasteiger partial charge in [-0.2, -0.15) is 0 Å². The summed E-state index contributed by atoms with van der Waals surface area (Å²) in [5.41, 5.74) is 0.307. The third-order valence-electron chi connectivity index (χ3n) is 2.91. The van der Waals surface area contributed by atoms with Gasteiger partial charge in [-0.1, -0.05) is 33.6 Å². The van der Waals surface area contributed by atoms with Crippen molar-refractivity contribution >= 4 is 11.8 Å². The van der Waals surface area contributed by atoms with Crippen molar-refractivity contribution in [3.05, 3.63) is 24.3 Å². The van der Waals surface area contributed by atoms with E-state index in [-0.39, 0.29) is 5.75 Å². The Labute approximate surface area is 128 Å². The van der Waals surface area contributed by atoms with E-state index in [2.05, 4.69) is 35.6 Å². The summed E-state index contributed by atoms with van der Waals surface area (Å²) >= 11 is 0. The summed E-state index contributed by atoms with van der Waals surface area (Å²) in [6.45, 7) is 6.74. The lowest BCUT2D eigenvalue weighted by atomic mass is 10.1. The maximum absolute atomic E-state index is 11.8. The summed E-state index contributed by atoms with van der Waals surface area (Å²) in [6, 6.07) is 4.69. The number of nitrogens with one attached hydrogen (secondary N) is 1. The number of alkyl halides is 3. The first-order valence-electron chi connectivity index (χ1n) is 6.92. The van der Waals surface area contributed by atoms with Crippen molar-refractivity contribution in [2.75, 3.05) is 12.4 Å². The Balaban J connectivity index is 0.000000626. The van der Waals surface area contributed by atoms with E-state index in [1.807, 2.05) is 0 Å². The van der Waals surface area contributed by atoms with Gasteiger partial charge in [-0.05, 0) is 30.2 Å². The molecule has 0 spiro atoms. The zero-order chi connectivity index (χ0) is 17.2. The molecule has 0 saturated heterocycles. The van der Waals surface area contributed by atoms with Crippen molar-refractivity contribution in [1.29, 1.82) is 0 Å². The van der Waals surface area contributed by atoms with Gasteiger partial charge in [0.05, 0.1) is 7.11 Å². The van der Waals surface area contributed by atoms with E-state index < -0.39 is 12.5 Å². The lowest BCUT2D eigenvalue weighted by Crippen LogP contribution is -2.17. The van der Waals surface area contributed by atoms with Crippen molar-refractivity contribution < 1.29 is 27.4 Å². The SMILES string of the molecule is CCC(C)CC.COC(=O)Nc1ccc(OC(F)(F)F)cc1. The number of carbonyl (C=O) groups excluding carboxylic acids is 1. The van der Waals surface area contributed by atoms with Crippen LogP contribution in [0.2, 0.25) is 0 Å². The van der Waals surface area contributed by atoms with Crippen molar-refractivity contribution in [3.63, 3.8) is 0 Å². The topological polar surface area (TPSA) is 47.6 Å². The Hall–Kier alpha value is -1.92. The molecule has 22 heavy (non-hydrogen) atoms. The molecule has 1 rings (SSSR count). The van der Waals surface area contributed by atoms with Crippen molar-refractivity contribution in [1.82, 2.24) is 0 Å². The average Bonchev–Trinajstić information content (AvgIpc) is 2.47. The first-order valence-corrected chi connectivity index (χ1v) is 6.92. The number of anilines is 1. The minimum Gasteiger partial charge on any atom is -0.453 e. The minimum absolute atomic E-state index is 0.307. The van der Waals surface area contributed by atoms with E-state index in [4.69, 9.17) is 0 Å². The predicted octanol–water partition coefficient (Wildman–Crippen LogP) is 5.21. The van der Waals surface area contributed by atoms with E-state index in [1.165, 1.54) is 32.1 Å². The molecule has 7 heteroatoms. The second-order valence-corrected chi connectivity index (χ2v) is 4.61. The van der Waals surface area contributed by atoms with Gasteiger partial charge >= 0.3 is 12.5 Å². The molecule has 0 aromatic heterocycles. The Bertz CT molecular complexity index is 429. The summed E-state index contributed by atoms with van der Waals surface area (Å²) < 4.78 is 43.3. The number of amides is 1. The highest BCUT2D eigenvalue weighted by molar-refractivity contribution is 5.84. The van der Waals surface area contributed by atoms with Crippen molar-refractivity contribution in [2.45, 2.75) is 40.0 Å². The Morgan fingerprint density at radius 1 is 1.18 bits per heavy atom. The van der Waals surface area contributed by atoms with Gasteiger partial charge in [0.1, 0.15) is 5.75 Å². The van der Waals surface area contributed by atoms with Crippen LogP contribution >= 0.6 is 0 Å². The number of methoxy groups -OCH3 is 1. The molecule has 0 aliphatic rings. The van der Waals surface area contributed by atoms with Crippen LogP contribution < -0.4 is 10.1 Å². The fraction of sp³-hybridized carbons (Fsp3) is 0.533. The van der Waals surface area contributed by atoms with Crippen molar-refractivity contribution in [3.8, 4) is 5.75 Å². The van der Waals surface area contributed by atoms with Crippen molar-refractivity contribution in [2.24, 2.45) is 5.92 Å². The number of benzene rings is 1. The molecular formula is C15H22F3NO3. The lowest BCUT2D eigenvalue weighted by molar-refractivity contribution is -0.274. The highest BCUT2D eigenvalue weighted by Gasteiger charge is 2.30. The number of carbonyl (C=O) groups is 1. The van der Waals surface area contributed by atoms with Gasteiger partial charge in [-0.3, -0.25) is 5.32 Å². The van der Waals surface area contributed by atoms with E-state index in [9.17, 15) is 18.0 Å². The fourth-order valence-electron chi connectivity index (χ4n) is 1.20. The predicted molar refractivity (Wildman–Crippen MR) is 78.9 cm³/mol. The number of hydrogen-bond donors (Lipinski definition) is 1. The molecule has 1 N–H and O–H groups in total. The zero-order valence-electron chi connectivity index (χ0n) is 13.2. The summed E-state index contributed by atoms with van der Waals surface area (Å²) in [4.78, 5) is 10.8. The molecule has 126 valence electrons. The summed E-state index contributed by atoms with van der Waals surface area (Å²) in [5, 5.41) is 2.28. The van der Waals surface area contributed by atoms with Crippen LogP contribution in [0, 0.1) is 5.92 Å². The van der Waals surface area contributed by atoms with E-state index >= 15 is 0 Å². The van der Waals surface area contributed by atoms with E-state index in [0.29, 0.717) is 5.69 Å². The Kier molecular flexibility index (Phi) is 9.05. The van der Waals surface area contributed by atoms with Gasteiger partial charge in [-0.25, -0.2) is 4.79 Å². The molecule has 1 amide bonds. The van der Waals surface area contributed by atoms with Gasteiger partial charge in [0.2, 0.25) is 0 Å². The number of rotatable bonds is 4. The first-order chi connectivity index (χ1) is 10.2. The fourth-order valence-corrected chi connectivity index (χ4v) is 1.20. The van der Waals surface area contributed by atoms with Crippen LogP contribution in [0.1, 0.15) is 33.6 Å². The van der Waals surface area contributed by atoms with Crippen LogP contribution in [0.15, 0.2) is 24.3 Å². The van der Waals surface area contributed by atoms with Gasteiger partial charge in [-0.15, -0.1) is 13.2 Å². The molecule has 0 heterocycles. The smallest absolute Gasteiger partial charge is 0.453 e. The highest BCUT2D eigenvalue weighted by atomic mass is 19.4. The zero-order valence-corrected chi connectivity index (χ0v) is 13.2. The second kappa shape index (κ2) is 9.92. The van der Waals surface area contributed by atoms with Crippen LogP contribution in [0.4, 0.5) is 23.7 Å². The first kappa shape index (κ1) is 20.1. The molecule has 0 atom stereocenters. The van der Waals surface area contributed by atoms with E-state index in [0.717, 1.165) is 18.1 Å². The van der Waals surface area contributed by atoms with Gasteiger partial charge in [0.15, 0.2) is 0 Å². The van der Waals surface area contributed by atoms with Crippen LogP contribution in [-0.4, -0.2) is 19.6 Å². The molecule has 0 bridgehead atoms. The molecule has 0 aliphatic heterocycles. The molecule has 0 fully saturated rings. The van der Waals surface area contributed by atoms with Crippen LogP contribution in [-0.2, 0) is 4.74 Å². The average molecular weight is 321 g/mol. The summed E-state index contributed by atoms with van der Waals surface area (Å²) in [7, 11) is 1.18. The summed E-state index contributed by atoms with van der Waals surface area (Å²) in [5.74, 6) is 0.577. The number of halogens is 3. The molecule has 0 saturated carbocycles. The van der Waals surface area contributed by atoms with E-state index in [1.54, 1.807) is 0 Å². The largest absolute Gasteiger partial charge is 0.573 e. The standard InChI is InChI=1S/C9H8F3NO3.C6H14/c1-15-8(14)13-6-2-4-7(5-3-6)16-9(10,11)12;1-4-6(3)5-2/h2-5H,1H3,(H,13,14);6H,4-5H2,1-3H3. The molecule has 1 aromatic rings.